The first-order valence-electron chi connectivity index (χ1n) is 6.07. The molecule has 104 valence electrons. The van der Waals surface area contributed by atoms with Crippen molar-refractivity contribution in [1.82, 2.24) is 5.32 Å². The lowest BCUT2D eigenvalue weighted by molar-refractivity contribution is -0.125. The van der Waals surface area contributed by atoms with Gasteiger partial charge in [-0.15, -0.1) is 0 Å². The van der Waals surface area contributed by atoms with E-state index in [1.807, 2.05) is 13.8 Å². The van der Waals surface area contributed by atoms with Crippen molar-refractivity contribution in [3.63, 3.8) is 0 Å². The van der Waals surface area contributed by atoms with Gasteiger partial charge in [0.05, 0.1) is 7.11 Å². The summed E-state index contributed by atoms with van der Waals surface area (Å²) in [4.78, 5) is 23.6. The molecule has 0 fully saturated rings. The standard InChI is InChI=1S/C14H20N2O3/c1-9(2)14(3,13(15)18)16-12(17)10-5-7-11(19-4)8-6-10/h5-9H,1-4H3,(H2,15,18)(H,16,17)/t14-/m1/s1. The Hall–Kier alpha value is -2.04. The van der Waals surface area contributed by atoms with E-state index in [-0.39, 0.29) is 11.8 Å². The molecule has 19 heavy (non-hydrogen) atoms. The van der Waals surface area contributed by atoms with Crippen LogP contribution in [0.15, 0.2) is 24.3 Å². The number of methoxy groups -OCH3 is 1. The molecule has 3 N–H and O–H groups in total. The molecule has 0 aromatic heterocycles. The molecule has 0 aliphatic rings. The number of amides is 2. The van der Waals surface area contributed by atoms with E-state index in [2.05, 4.69) is 5.32 Å². The fourth-order valence-corrected chi connectivity index (χ4v) is 1.54. The lowest BCUT2D eigenvalue weighted by Gasteiger charge is -2.31. The average molecular weight is 264 g/mol. The SMILES string of the molecule is COc1ccc(C(=O)N[C@@](C)(C(N)=O)C(C)C)cc1. The van der Waals surface area contributed by atoms with Crippen LogP contribution in [0.1, 0.15) is 31.1 Å². The average Bonchev–Trinajstić information content (AvgIpc) is 2.38. The van der Waals surface area contributed by atoms with Crippen LogP contribution >= 0.6 is 0 Å². The van der Waals surface area contributed by atoms with E-state index in [1.54, 1.807) is 38.3 Å². The summed E-state index contributed by atoms with van der Waals surface area (Å²) in [7, 11) is 1.55. The van der Waals surface area contributed by atoms with Gasteiger partial charge >= 0.3 is 0 Å². The Morgan fingerprint density at radius 1 is 1.26 bits per heavy atom. The second-order valence-corrected chi connectivity index (χ2v) is 4.90. The van der Waals surface area contributed by atoms with Gasteiger partial charge in [0, 0.05) is 5.56 Å². The zero-order valence-corrected chi connectivity index (χ0v) is 11.7. The van der Waals surface area contributed by atoms with Crippen LogP contribution in [-0.2, 0) is 4.79 Å². The predicted molar refractivity (Wildman–Crippen MR) is 72.9 cm³/mol. The highest BCUT2D eigenvalue weighted by atomic mass is 16.5. The molecule has 0 heterocycles. The van der Waals surface area contributed by atoms with Crippen molar-refractivity contribution in [3.8, 4) is 5.75 Å². The van der Waals surface area contributed by atoms with Crippen LogP contribution in [0, 0.1) is 5.92 Å². The van der Waals surface area contributed by atoms with E-state index >= 15 is 0 Å². The molecule has 0 aliphatic heterocycles. The molecule has 2 amide bonds. The number of benzene rings is 1. The number of carbonyl (C=O) groups is 2. The molecule has 1 aromatic rings. The molecule has 5 nitrogen and oxygen atoms in total. The van der Waals surface area contributed by atoms with Crippen molar-refractivity contribution >= 4 is 11.8 Å². The summed E-state index contributed by atoms with van der Waals surface area (Å²) in [5.41, 5.74) is 4.75. The van der Waals surface area contributed by atoms with Crippen LogP contribution in [0.3, 0.4) is 0 Å². The molecule has 0 unspecified atom stereocenters. The van der Waals surface area contributed by atoms with Crippen molar-refractivity contribution in [2.75, 3.05) is 7.11 Å². The number of hydrogen-bond donors (Lipinski definition) is 2. The summed E-state index contributed by atoms with van der Waals surface area (Å²) in [5.74, 6) is -0.327. The third-order valence-electron chi connectivity index (χ3n) is 3.39. The van der Waals surface area contributed by atoms with Crippen molar-refractivity contribution in [2.24, 2.45) is 11.7 Å². The lowest BCUT2D eigenvalue weighted by atomic mass is 9.87. The number of carbonyl (C=O) groups excluding carboxylic acids is 2. The van der Waals surface area contributed by atoms with Gasteiger partial charge in [0.2, 0.25) is 5.91 Å². The first kappa shape index (κ1) is 15.0. The highest BCUT2D eigenvalue weighted by Crippen LogP contribution is 2.18. The zero-order valence-electron chi connectivity index (χ0n) is 11.7. The van der Waals surface area contributed by atoms with Crippen LogP contribution in [0.5, 0.6) is 5.75 Å². The smallest absolute Gasteiger partial charge is 0.252 e. The maximum Gasteiger partial charge on any atom is 0.252 e. The largest absolute Gasteiger partial charge is 0.497 e. The second-order valence-electron chi connectivity index (χ2n) is 4.90. The number of nitrogens with two attached hydrogens (primary N) is 1. The molecule has 1 atom stereocenters. The Bertz CT molecular complexity index is 468. The third-order valence-corrected chi connectivity index (χ3v) is 3.39. The third kappa shape index (κ3) is 3.24. The Morgan fingerprint density at radius 2 is 1.79 bits per heavy atom. The predicted octanol–water partition coefficient (Wildman–Crippen LogP) is 1.32. The Balaban J connectivity index is 2.91. The van der Waals surface area contributed by atoms with Crippen molar-refractivity contribution in [1.29, 1.82) is 0 Å². The van der Waals surface area contributed by atoms with E-state index < -0.39 is 11.4 Å². The van der Waals surface area contributed by atoms with Crippen molar-refractivity contribution in [2.45, 2.75) is 26.3 Å². The van der Waals surface area contributed by atoms with Gasteiger partial charge in [0.15, 0.2) is 0 Å². The number of primary amides is 1. The summed E-state index contributed by atoms with van der Waals surface area (Å²) in [6.07, 6.45) is 0. The monoisotopic (exact) mass is 264 g/mol. The molecular formula is C14H20N2O3. The van der Waals surface area contributed by atoms with Crippen LogP contribution in [-0.4, -0.2) is 24.5 Å². The number of hydrogen-bond acceptors (Lipinski definition) is 3. The van der Waals surface area contributed by atoms with Crippen LogP contribution in [0.25, 0.3) is 0 Å². The number of ether oxygens (including phenoxy) is 1. The summed E-state index contributed by atoms with van der Waals surface area (Å²) in [6, 6.07) is 6.64. The molecule has 0 radical (unpaired) electrons. The second kappa shape index (κ2) is 5.73. The molecule has 0 bridgehead atoms. The van der Waals surface area contributed by atoms with Crippen molar-refractivity contribution in [3.05, 3.63) is 29.8 Å². The first-order chi connectivity index (χ1) is 8.81. The Labute approximate surface area is 113 Å². The van der Waals surface area contributed by atoms with Gasteiger partial charge in [-0.1, -0.05) is 13.8 Å². The highest BCUT2D eigenvalue weighted by Gasteiger charge is 2.36. The quantitative estimate of drug-likeness (QED) is 0.841. The van der Waals surface area contributed by atoms with Crippen LogP contribution in [0.2, 0.25) is 0 Å². The first-order valence-corrected chi connectivity index (χ1v) is 6.07. The minimum absolute atomic E-state index is 0.104. The molecule has 0 saturated carbocycles. The van der Waals surface area contributed by atoms with E-state index in [0.29, 0.717) is 11.3 Å². The fraction of sp³-hybridized carbons (Fsp3) is 0.429. The molecule has 0 spiro atoms. The molecular weight excluding hydrogens is 244 g/mol. The van der Waals surface area contributed by atoms with E-state index in [9.17, 15) is 9.59 Å². The van der Waals surface area contributed by atoms with Crippen LogP contribution < -0.4 is 15.8 Å². The summed E-state index contributed by atoms with van der Waals surface area (Å²) < 4.78 is 5.02. The van der Waals surface area contributed by atoms with E-state index in [4.69, 9.17) is 10.5 Å². The molecule has 5 heteroatoms. The van der Waals surface area contributed by atoms with Gasteiger partial charge in [-0.25, -0.2) is 0 Å². The maximum atomic E-state index is 12.1. The number of nitrogens with one attached hydrogen (secondary N) is 1. The summed E-state index contributed by atoms with van der Waals surface area (Å²) >= 11 is 0. The number of rotatable bonds is 5. The van der Waals surface area contributed by atoms with Gasteiger partial charge in [0.25, 0.3) is 5.91 Å². The molecule has 1 rings (SSSR count). The van der Waals surface area contributed by atoms with Gasteiger partial charge in [0.1, 0.15) is 11.3 Å². The topological polar surface area (TPSA) is 81.4 Å². The van der Waals surface area contributed by atoms with E-state index in [0.717, 1.165) is 0 Å². The van der Waals surface area contributed by atoms with Gasteiger partial charge < -0.3 is 15.8 Å². The summed E-state index contributed by atoms with van der Waals surface area (Å²) in [5, 5.41) is 2.69. The molecule has 1 aromatic carbocycles. The highest BCUT2D eigenvalue weighted by molar-refractivity contribution is 5.98. The fourth-order valence-electron chi connectivity index (χ4n) is 1.54. The molecule has 0 saturated heterocycles. The van der Waals surface area contributed by atoms with Crippen LogP contribution in [0.4, 0.5) is 0 Å². The van der Waals surface area contributed by atoms with Gasteiger partial charge in [-0.05, 0) is 37.1 Å². The van der Waals surface area contributed by atoms with Crippen molar-refractivity contribution < 1.29 is 14.3 Å². The maximum absolute atomic E-state index is 12.1. The lowest BCUT2D eigenvalue weighted by Crippen LogP contribution is -2.58. The Kier molecular flexibility index (Phi) is 4.53. The minimum Gasteiger partial charge on any atom is -0.497 e. The van der Waals surface area contributed by atoms with Gasteiger partial charge in [-0.3, -0.25) is 9.59 Å². The van der Waals surface area contributed by atoms with E-state index in [1.165, 1.54) is 0 Å². The minimum atomic E-state index is -1.07. The van der Waals surface area contributed by atoms with Gasteiger partial charge in [-0.2, -0.15) is 0 Å². The summed E-state index contributed by atoms with van der Waals surface area (Å²) in [6.45, 7) is 5.29. The Morgan fingerprint density at radius 3 is 2.16 bits per heavy atom. The molecule has 0 aliphatic carbocycles. The zero-order chi connectivity index (χ0) is 14.6. The normalized spacial score (nSPS) is 13.7.